The molecule has 0 bridgehead atoms. The Labute approximate surface area is 196 Å². The first-order chi connectivity index (χ1) is 15.8. The lowest BCUT2D eigenvalue weighted by molar-refractivity contribution is 0.316. The van der Waals surface area contributed by atoms with Crippen LogP contribution in [0.4, 0.5) is 4.39 Å². The fourth-order valence-corrected chi connectivity index (χ4v) is 7.91. The van der Waals surface area contributed by atoms with Crippen molar-refractivity contribution in [3.05, 3.63) is 59.9 Å². The van der Waals surface area contributed by atoms with Crippen LogP contribution in [-0.2, 0) is 26.6 Å². The highest BCUT2D eigenvalue weighted by molar-refractivity contribution is 7.89. The van der Waals surface area contributed by atoms with Crippen LogP contribution in [0, 0.1) is 5.82 Å². The minimum absolute atomic E-state index is 0.0753. The molecule has 180 valence electrons. The molecule has 0 spiro atoms. The normalized spacial score (nSPS) is 19.1. The third-order valence-corrected chi connectivity index (χ3v) is 10.4. The number of hydrogen-bond donors (Lipinski definition) is 0. The molecular weight excluding hydrogens is 463 g/mol. The summed E-state index contributed by atoms with van der Waals surface area (Å²) >= 11 is 0. The van der Waals surface area contributed by atoms with Gasteiger partial charge in [-0.2, -0.15) is 8.61 Å². The minimum atomic E-state index is -3.85. The van der Waals surface area contributed by atoms with Crippen LogP contribution in [0.15, 0.2) is 58.3 Å². The van der Waals surface area contributed by atoms with E-state index in [1.54, 1.807) is 12.1 Å². The molecule has 1 saturated heterocycles. The Balaban J connectivity index is 1.60. The van der Waals surface area contributed by atoms with Gasteiger partial charge in [0.05, 0.1) is 9.79 Å². The van der Waals surface area contributed by atoms with Crippen LogP contribution < -0.4 is 0 Å². The van der Waals surface area contributed by atoms with Gasteiger partial charge >= 0.3 is 0 Å². The molecule has 2 aromatic carbocycles. The van der Waals surface area contributed by atoms with Gasteiger partial charge < -0.3 is 0 Å². The standard InChI is InChI=1S/C24H31FN2O4S2/c25-21-11-9-20(10-12-21)19-27(22-7-3-4-8-22)33(30,31)24-15-13-23(14-16-24)32(28,29)26-17-5-1-2-6-18-26/h9-16,22H,1-8,17-19H2. The fourth-order valence-electron chi connectivity index (χ4n) is 4.72. The summed E-state index contributed by atoms with van der Waals surface area (Å²) in [5.74, 6) is -0.366. The molecule has 0 aromatic heterocycles. The summed E-state index contributed by atoms with van der Waals surface area (Å²) in [6, 6.07) is 11.3. The number of sulfonamides is 2. The molecule has 2 fully saturated rings. The van der Waals surface area contributed by atoms with E-state index < -0.39 is 20.0 Å². The smallest absolute Gasteiger partial charge is 0.207 e. The average Bonchev–Trinajstić information content (AvgIpc) is 3.19. The van der Waals surface area contributed by atoms with Gasteiger partial charge in [-0.3, -0.25) is 0 Å². The van der Waals surface area contributed by atoms with Gasteiger partial charge in [0.1, 0.15) is 5.82 Å². The first-order valence-electron chi connectivity index (χ1n) is 11.6. The minimum Gasteiger partial charge on any atom is -0.207 e. The van der Waals surface area contributed by atoms with E-state index in [0.717, 1.165) is 51.4 Å². The molecule has 2 aromatic rings. The van der Waals surface area contributed by atoms with E-state index in [4.69, 9.17) is 0 Å². The van der Waals surface area contributed by atoms with Gasteiger partial charge in [0.15, 0.2) is 0 Å². The first kappa shape index (κ1) is 24.3. The topological polar surface area (TPSA) is 74.8 Å². The number of halogens is 1. The Morgan fingerprint density at radius 2 is 1.30 bits per heavy atom. The van der Waals surface area contributed by atoms with Crippen LogP contribution in [0.2, 0.25) is 0 Å². The van der Waals surface area contributed by atoms with Crippen LogP contribution in [0.1, 0.15) is 56.9 Å². The molecule has 0 radical (unpaired) electrons. The summed E-state index contributed by atoms with van der Waals surface area (Å²) < 4.78 is 69.6. The van der Waals surface area contributed by atoms with Crippen molar-refractivity contribution in [2.45, 2.75) is 73.7 Å². The molecule has 1 aliphatic carbocycles. The van der Waals surface area contributed by atoms with Crippen molar-refractivity contribution < 1.29 is 21.2 Å². The largest absolute Gasteiger partial charge is 0.243 e. The predicted octanol–water partition coefficient (Wildman–Crippen LogP) is 4.52. The number of rotatable bonds is 7. The maximum Gasteiger partial charge on any atom is 0.243 e. The van der Waals surface area contributed by atoms with Crippen LogP contribution in [0.5, 0.6) is 0 Å². The molecule has 33 heavy (non-hydrogen) atoms. The molecule has 0 N–H and O–H groups in total. The Morgan fingerprint density at radius 1 is 0.758 bits per heavy atom. The van der Waals surface area contributed by atoms with Crippen molar-refractivity contribution in [1.29, 1.82) is 0 Å². The lowest BCUT2D eigenvalue weighted by Gasteiger charge is -2.28. The summed E-state index contributed by atoms with van der Waals surface area (Å²) in [5.41, 5.74) is 0.715. The summed E-state index contributed by atoms with van der Waals surface area (Å²) in [6.45, 7) is 1.14. The third kappa shape index (κ3) is 5.48. The second-order valence-corrected chi connectivity index (χ2v) is 12.7. The average molecular weight is 495 g/mol. The van der Waals surface area contributed by atoms with Crippen molar-refractivity contribution in [2.75, 3.05) is 13.1 Å². The zero-order chi connectivity index (χ0) is 23.5. The van der Waals surface area contributed by atoms with Crippen molar-refractivity contribution in [3.8, 4) is 0 Å². The van der Waals surface area contributed by atoms with Crippen molar-refractivity contribution in [3.63, 3.8) is 0 Å². The van der Waals surface area contributed by atoms with E-state index in [-0.39, 0.29) is 28.2 Å². The number of benzene rings is 2. The SMILES string of the molecule is O=S(=O)(c1ccc(S(=O)(=O)N(Cc2ccc(F)cc2)C2CCCC2)cc1)N1CCCCCC1. The van der Waals surface area contributed by atoms with Crippen molar-refractivity contribution >= 4 is 20.0 Å². The summed E-state index contributed by atoms with van der Waals surface area (Å²) in [7, 11) is -7.50. The molecule has 0 amide bonds. The fraction of sp³-hybridized carbons (Fsp3) is 0.500. The zero-order valence-electron chi connectivity index (χ0n) is 18.7. The molecule has 1 aliphatic heterocycles. The molecule has 1 saturated carbocycles. The molecule has 1 heterocycles. The van der Waals surface area contributed by atoms with Gasteiger partial charge in [-0.15, -0.1) is 0 Å². The molecule has 4 rings (SSSR count). The highest BCUT2D eigenvalue weighted by atomic mass is 32.2. The maximum absolute atomic E-state index is 13.6. The van der Waals surface area contributed by atoms with Crippen LogP contribution in [0.3, 0.4) is 0 Å². The van der Waals surface area contributed by atoms with Crippen LogP contribution >= 0.6 is 0 Å². The Hall–Kier alpha value is -1.81. The van der Waals surface area contributed by atoms with Gasteiger partial charge in [0, 0.05) is 25.7 Å². The lowest BCUT2D eigenvalue weighted by Crippen LogP contribution is -2.38. The number of hydrogen-bond acceptors (Lipinski definition) is 4. The maximum atomic E-state index is 13.6. The Morgan fingerprint density at radius 3 is 1.88 bits per heavy atom. The van der Waals surface area contributed by atoms with Gasteiger partial charge in [-0.05, 0) is 67.6 Å². The van der Waals surface area contributed by atoms with Crippen molar-refractivity contribution in [2.24, 2.45) is 0 Å². The van der Waals surface area contributed by atoms with Gasteiger partial charge in [-0.25, -0.2) is 21.2 Å². The van der Waals surface area contributed by atoms with E-state index >= 15 is 0 Å². The van der Waals surface area contributed by atoms with Gasteiger partial charge in [-0.1, -0.05) is 37.8 Å². The number of nitrogens with zero attached hydrogens (tertiary/aromatic N) is 2. The first-order valence-corrected chi connectivity index (χ1v) is 14.5. The van der Waals surface area contributed by atoms with Crippen LogP contribution in [-0.4, -0.2) is 44.6 Å². The van der Waals surface area contributed by atoms with E-state index in [1.807, 2.05) is 0 Å². The molecule has 0 unspecified atom stereocenters. The zero-order valence-corrected chi connectivity index (χ0v) is 20.3. The van der Waals surface area contributed by atoms with Gasteiger partial charge in [0.2, 0.25) is 20.0 Å². The van der Waals surface area contributed by atoms with Crippen molar-refractivity contribution in [1.82, 2.24) is 8.61 Å². The monoisotopic (exact) mass is 494 g/mol. The van der Waals surface area contributed by atoms with Crippen LogP contribution in [0.25, 0.3) is 0 Å². The van der Waals surface area contributed by atoms with E-state index in [9.17, 15) is 21.2 Å². The summed E-state index contributed by atoms with van der Waals surface area (Å²) in [6.07, 6.45) is 7.21. The predicted molar refractivity (Wildman–Crippen MR) is 125 cm³/mol. The highest BCUT2D eigenvalue weighted by Crippen LogP contribution is 2.31. The Kier molecular flexibility index (Phi) is 7.53. The third-order valence-electron chi connectivity index (χ3n) is 6.62. The lowest BCUT2D eigenvalue weighted by atomic mass is 10.2. The molecule has 0 atom stereocenters. The molecule has 6 nitrogen and oxygen atoms in total. The Bertz CT molecular complexity index is 1140. The summed E-state index contributed by atoms with van der Waals surface area (Å²) in [4.78, 5) is 0.195. The molecule has 9 heteroatoms. The van der Waals surface area contributed by atoms with Gasteiger partial charge in [0.25, 0.3) is 0 Å². The quantitative estimate of drug-likeness (QED) is 0.567. The second-order valence-electron chi connectivity index (χ2n) is 8.90. The summed E-state index contributed by atoms with van der Waals surface area (Å²) in [5, 5.41) is 0. The second kappa shape index (κ2) is 10.2. The molecular formula is C24H31FN2O4S2. The molecule has 2 aliphatic rings. The highest BCUT2D eigenvalue weighted by Gasteiger charge is 2.34. The van der Waals surface area contributed by atoms with E-state index in [2.05, 4.69) is 0 Å². The van der Waals surface area contributed by atoms with E-state index in [0.29, 0.717) is 18.7 Å². The van der Waals surface area contributed by atoms with E-state index in [1.165, 1.54) is 45.0 Å².